The predicted octanol–water partition coefficient (Wildman–Crippen LogP) is 11.8. The first-order valence-corrected chi connectivity index (χ1v) is 15.3. The van der Waals surface area contributed by atoms with Gasteiger partial charge in [0.1, 0.15) is 11.2 Å². The van der Waals surface area contributed by atoms with Gasteiger partial charge in [-0.15, -0.1) is 0 Å². The highest BCUT2D eigenvalue weighted by Crippen LogP contribution is 2.43. The summed E-state index contributed by atoms with van der Waals surface area (Å²) in [5, 5.41) is 4.78. The predicted molar refractivity (Wildman–Crippen MR) is 188 cm³/mol. The van der Waals surface area contributed by atoms with Crippen LogP contribution in [0.1, 0.15) is 0 Å². The summed E-state index contributed by atoms with van der Waals surface area (Å²) in [6, 6.07) is 60.2. The molecule has 0 saturated carbocycles. The van der Waals surface area contributed by atoms with Crippen molar-refractivity contribution in [3.05, 3.63) is 170 Å². The molecule has 0 aliphatic heterocycles. The molecule has 0 bridgehead atoms. The summed E-state index contributed by atoms with van der Waals surface area (Å²) in [7, 11) is 0. The summed E-state index contributed by atoms with van der Waals surface area (Å²) in [4.78, 5) is 2.36. The summed E-state index contributed by atoms with van der Waals surface area (Å²) in [5.74, 6) is 0. The molecule has 3 nitrogen and oxygen atoms in total. The molecule has 0 aliphatic rings. The van der Waals surface area contributed by atoms with E-state index in [0.717, 1.165) is 55.8 Å². The van der Waals surface area contributed by atoms with Crippen LogP contribution in [0.25, 0.3) is 60.6 Å². The Bertz CT molecular complexity index is 2450. The summed E-state index contributed by atoms with van der Waals surface area (Å²) in [5.41, 5.74) is 10.8. The van der Waals surface area contributed by atoms with E-state index in [1.807, 2.05) is 12.1 Å². The first kappa shape index (κ1) is 25.4. The Morgan fingerprint density at radius 2 is 1.04 bits per heavy atom. The quantitative estimate of drug-likeness (QED) is 0.203. The van der Waals surface area contributed by atoms with Crippen LogP contribution in [0.4, 0.5) is 17.1 Å². The lowest BCUT2D eigenvalue weighted by Gasteiger charge is -2.28. The molecule has 0 N–H and O–H groups in total. The molecule has 0 amide bonds. The fourth-order valence-corrected chi connectivity index (χ4v) is 6.78. The van der Waals surface area contributed by atoms with Crippen molar-refractivity contribution >= 4 is 60.8 Å². The van der Waals surface area contributed by atoms with Crippen LogP contribution in [0.5, 0.6) is 0 Å². The third-order valence-electron chi connectivity index (χ3n) is 8.78. The molecule has 2 heterocycles. The van der Waals surface area contributed by atoms with Crippen molar-refractivity contribution in [2.45, 2.75) is 0 Å². The van der Waals surface area contributed by atoms with E-state index in [-0.39, 0.29) is 0 Å². The molecule has 45 heavy (non-hydrogen) atoms. The summed E-state index contributed by atoms with van der Waals surface area (Å²) < 4.78 is 8.67. The van der Waals surface area contributed by atoms with Gasteiger partial charge in [0.2, 0.25) is 0 Å². The van der Waals surface area contributed by atoms with E-state index < -0.39 is 0 Å². The van der Waals surface area contributed by atoms with Crippen LogP contribution in [-0.4, -0.2) is 4.57 Å². The number of aromatic nitrogens is 1. The number of benzene rings is 7. The first-order chi connectivity index (χ1) is 22.3. The van der Waals surface area contributed by atoms with Crippen molar-refractivity contribution in [2.75, 3.05) is 4.90 Å². The molecule has 212 valence electrons. The largest absolute Gasteiger partial charge is 0.456 e. The van der Waals surface area contributed by atoms with E-state index in [4.69, 9.17) is 4.42 Å². The van der Waals surface area contributed by atoms with Crippen LogP contribution in [0.2, 0.25) is 0 Å². The molecule has 2 aromatic heterocycles. The Balaban J connectivity index is 1.24. The zero-order chi connectivity index (χ0) is 29.7. The van der Waals surface area contributed by atoms with Crippen molar-refractivity contribution in [3.63, 3.8) is 0 Å². The maximum absolute atomic E-state index is 6.30. The van der Waals surface area contributed by atoms with Crippen LogP contribution in [0.15, 0.2) is 174 Å². The van der Waals surface area contributed by atoms with Crippen LogP contribution in [0, 0.1) is 0 Å². The normalized spacial score (nSPS) is 11.6. The zero-order valence-electron chi connectivity index (χ0n) is 24.5. The number of para-hydroxylation sites is 5. The Kier molecular flexibility index (Phi) is 5.82. The van der Waals surface area contributed by atoms with Gasteiger partial charge in [-0.3, -0.25) is 0 Å². The number of hydrogen-bond donors (Lipinski definition) is 0. The van der Waals surface area contributed by atoms with Crippen LogP contribution >= 0.6 is 0 Å². The monoisotopic (exact) mass is 576 g/mol. The molecular formula is C42H28N2O. The lowest BCUT2D eigenvalue weighted by Crippen LogP contribution is -2.11. The zero-order valence-corrected chi connectivity index (χ0v) is 24.5. The molecule has 0 atom stereocenters. The van der Waals surface area contributed by atoms with Gasteiger partial charge in [-0.2, -0.15) is 0 Å². The maximum Gasteiger partial charge on any atom is 0.136 e. The second kappa shape index (κ2) is 10.3. The van der Waals surface area contributed by atoms with E-state index in [0.29, 0.717) is 0 Å². The Morgan fingerprint density at radius 3 is 1.84 bits per heavy atom. The van der Waals surface area contributed by atoms with E-state index >= 15 is 0 Å². The highest BCUT2D eigenvalue weighted by Gasteiger charge is 2.19. The number of hydrogen-bond acceptors (Lipinski definition) is 2. The van der Waals surface area contributed by atoms with Crippen molar-refractivity contribution in [1.29, 1.82) is 0 Å². The molecule has 0 saturated heterocycles. The molecule has 0 fully saturated rings. The van der Waals surface area contributed by atoms with Crippen molar-refractivity contribution in [3.8, 4) is 16.8 Å². The first-order valence-electron chi connectivity index (χ1n) is 15.3. The van der Waals surface area contributed by atoms with Crippen LogP contribution in [-0.2, 0) is 0 Å². The number of nitrogens with zero attached hydrogens (tertiary/aromatic N) is 2. The van der Waals surface area contributed by atoms with Gasteiger partial charge in [0, 0.05) is 44.2 Å². The number of fused-ring (bicyclic) bond motifs is 6. The minimum atomic E-state index is 0.892. The number of rotatable bonds is 5. The SMILES string of the molecule is c1ccc(N(c2cccc(-n3c4ccccc4c4ccccc43)c2)c2ccccc2-c2ccc3c(c2)oc2ccccc23)cc1. The summed E-state index contributed by atoms with van der Waals surface area (Å²) in [6.07, 6.45) is 0. The van der Waals surface area contributed by atoms with Gasteiger partial charge < -0.3 is 13.9 Å². The smallest absolute Gasteiger partial charge is 0.136 e. The highest BCUT2D eigenvalue weighted by molar-refractivity contribution is 6.09. The standard InChI is InChI=1S/C42H28N2O/c1-2-13-30(14-3-1)43(31-15-12-16-32(28-31)44-39-22-9-5-18-34(39)35-19-6-10-23-40(35)44)38-21-8-4-17-33(38)29-25-26-37-36-20-7-11-24-41(36)45-42(37)27-29/h1-28H. The summed E-state index contributed by atoms with van der Waals surface area (Å²) >= 11 is 0. The molecule has 0 aliphatic carbocycles. The van der Waals surface area contributed by atoms with Gasteiger partial charge in [0.05, 0.1) is 16.7 Å². The molecule has 0 spiro atoms. The minimum absolute atomic E-state index is 0.892. The molecule has 0 unspecified atom stereocenters. The molecule has 0 radical (unpaired) electrons. The van der Waals surface area contributed by atoms with Gasteiger partial charge in [0.25, 0.3) is 0 Å². The van der Waals surface area contributed by atoms with Gasteiger partial charge in [-0.05, 0) is 72.3 Å². The van der Waals surface area contributed by atoms with Gasteiger partial charge in [-0.25, -0.2) is 0 Å². The molecular weight excluding hydrogens is 548 g/mol. The Labute approximate surface area is 260 Å². The van der Waals surface area contributed by atoms with Crippen molar-refractivity contribution in [2.24, 2.45) is 0 Å². The Hall–Kier alpha value is -6.06. The van der Waals surface area contributed by atoms with E-state index in [1.165, 1.54) is 21.8 Å². The average Bonchev–Trinajstić information content (AvgIpc) is 3.65. The van der Waals surface area contributed by atoms with Crippen molar-refractivity contribution in [1.82, 2.24) is 4.57 Å². The van der Waals surface area contributed by atoms with Gasteiger partial charge >= 0.3 is 0 Å². The van der Waals surface area contributed by atoms with Gasteiger partial charge in [0.15, 0.2) is 0 Å². The van der Waals surface area contributed by atoms with Crippen LogP contribution in [0.3, 0.4) is 0 Å². The average molecular weight is 577 g/mol. The third-order valence-corrected chi connectivity index (χ3v) is 8.78. The molecule has 9 aromatic rings. The lowest BCUT2D eigenvalue weighted by atomic mass is 10.00. The maximum atomic E-state index is 6.30. The molecule has 3 heteroatoms. The Morgan fingerprint density at radius 1 is 0.422 bits per heavy atom. The van der Waals surface area contributed by atoms with Gasteiger partial charge in [-0.1, -0.05) is 103 Å². The van der Waals surface area contributed by atoms with E-state index in [2.05, 4.69) is 167 Å². The van der Waals surface area contributed by atoms with E-state index in [9.17, 15) is 0 Å². The molecule has 9 rings (SSSR count). The number of furan rings is 1. The summed E-state index contributed by atoms with van der Waals surface area (Å²) in [6.45, 7) is 0. The fourth-order valence-electron chi connectivity index (χ4n) is 6.78. The lowest BCUT2D eigenvalue weighted by molar-refractivity contribution is 0.669. The minimum Gasteiger partial charge on any atom is -0.456 e. The number of anilines is 3. The highest BCUT2D eigenvalue weighted by atomic mass is 16.3. The fraction of sp³-hybridized carbons (Fsp3) is 0. The second-order valence-electron chi connectivity index (χ2n) is 11.4. The van der Waals surface area contributed by atoms with E-state index in [1.54, 1.807) is 0 Å². The van der Waals surface area contributed by atoms with Crippen LogP contribution < -0.4 is 4.90 Å². The second-order valence-corrected chi connectivity index (χ2v) is 11.4. The topological polar surface area (TPSA) is 21.3 Å². The third kappa shape index (κ3) is 4.13. The molecule has 7 aromatic carbocycles. The van der Waals surface area contributed by atoms with Crippen molar-refractivity contribution < 1.29 is 4.42 Å².